The second-order valence-corrected chi connectivity index (χ2v) is 8.92. The van der Waals surface area contributed by atoms with Gasteiger partial charge in [0.1, 0.15) is 0 Å². The van der Waals surface area contributed by atoms with Gasteiger partial charge in [-0.3, -0.25) is 4.79 Å². The van der Waals surface area contributed by atoms with Gasteiger partial charge in [-0.1, -0.05) is 35.3 Å². The highest BCUT2D eigenvalue weighted by molar-refractivity contribution is 9.10. The molecule has 3 aromatic rings. The zero-order valence-corrected chi connectivity index (χ0v) is 21.0. The van der Waals surface area contributed by atoms with Gasteiger partial charge in [-0.25, -0.2) is 0 Å². The molecule has 3 aromatic carbocycles. The summed E-state index contributed by atoms with van der Waals surface area (Å²) < 4.78 is 11.9. The molecule has 0 heterocycles. The molecule has 3 rings (SSSR count). The van der Waals surface area contributed by atoms with Crippen molar-refractivity contribution in [3.05, 3.63) is 79.7 Å². The number of ether oxygens (including phenoxy) is 2. The van der Waals surface area contributed by atoms with Gasteiger partial charge in [-0.2, -0.15) is 0 Å². The molecule has 0 bridgehead atoms. The van der Waals surface area contributed by atoms with Crippen LogP contribution < -0.4 is 20.1 Å². The molecule has 0 aliphatic carbocycles. The van der Waals surface area contributed by atoms with E-state index in [2.05, 4.69) is 26.6 Å². The highest BCUT2D eigenvalue weighted by Gasteiger charge is 2.14. The molecular weight excluding hydrogens is 515 g/mol. The minimum atomic E-state index is -0.305. The molecule has 0 radical (unpaired) electrons. The lowest BCUT2D eigenvalue weighted by atomic mass is 10.1. The Labute approximate surface area is 206 Å². The molecule has 0 fully saturated rings. The van der Waals surface area contributed by atoms with E-state index in [4.69, 9.17) is 32.7 Å². The first-order valence-electron chi connectivity index (χ1n) is 9.82. The smallest absolute Gasteiger partial charge is 0.262 e. The van der Waals surface area contributed by atoms with Crippen molar-refractivity contribution in [2.24, 2.45) is 0 Å². The molecule has 0 unspecified atom stereocenters. The van der Waals surface area contributed by atoms with E-state index in [-0.39, 0.29) is 12.5 Å². The second kappa shape index (κ2) is 10.9. The first kappa shape index (κ1) is 24.2. The van der Waals surface area contributed by atoms with Gasteiger partial charge < -0.3 is 20.1 Å². The Bertz CT molecular complexity index is 1140. The molecule has 0 saturated heterocycles. The zero-order chi connectivity index (χ0) is 23.3. The van der Waals surface area contributed by atoms with E-state index >= 15 is 0 Å². The number of nitrogens with one attached hydrogen (secondary N) is 2. The Kier molecular flexibility index (Phi) is 8.29. The summed E-state index contributed by atoms with van der Waals surface area (Å²) in [6, 6.07) is 14.8. The Hall–Kier alpha value is -2.41. The maximum absolute atomic E-state index is 12.3. The first-order chi connectivity index (χ1) is 15.3. The molecule has 2 N–H and O–H groups in total. The van der Waals surface area contributed by atoms with E-state index in [1.807, 2.05) is 50.2 Å². The van der Waals surface area contributed by atoms with Gasteiger partial charge in [0.05, 0.1) is 11.6 Å². The fraction of sp³-hybridized carbons (Fsp3) is 0.208. The number of hydrogen-bond acceptors (Lipinski definition) is 4. The Morgan fingerprint density at radius 3 is 2.50 bits per heavy atom. The lowest BCUT2D eigenvalue weighted by Crippen LogP contribution is -2.20. The maximum atomic E-state index is 12.3. The van der Waals surface area contributed by atoms with Crippen molar-refractivity contribution >= 4 is 56.4 Å². The van der Waals surface area contributed by atoms with Gasteiger partial charge in [0, 0.05) is 28.0 Å². The van der Waals surface area contributed by atoms with Crippen LogP contribution in [0.25, 0.3) is 0 Å². The van der Waals surface area contributed by atoms with Crippen LogP contribution in [-0.4, -0.2) is 19.6 Å². The fourth-order valence-corrected chi connectivity index (χ4v) is 3.96. The fourth-order valence-electron chi connectivity index (χ4n) is 3.00. The molecule has 8 heteroatoms. The van der Waals surface area contributed by atoms with Crippen molar-refractivity contribution in [1.82, 2.24) is 0 Å². The van der Waals surface area contributed by atoms with Crippen LogP contribution in [0, 0.1) is 13.8 Å². The van der Waals surface area contributed by atoms with Crippen LogP contribution in [0.15, 0.2) is 53.0 Å². The number of carbonyl (C=O) groups is 1. The minimum absolute atomic E-state index is 0.181. The van der Waals surface area contributed by atoms with Gasteiger partial charge in [-0.05, 0) is 82.9 Å². The summed E-state index contributed by atoms with van der Waals surface area (Å²) >= 11 is 15.7. The zero-order valence-electron chi connectivity index (χ0n) is 17.9. The number of methoxy groups -OCH3 is 1. The second-order valence-electron chi connectivity index (χ2n) is 7.22. The van der Waals surface area contributed by atoms with Crippen molar-refractivity contribution in [3.8, 4) is 11.5 Å². The quantitative estimate of drug-likeness (QED) is 0.324. The number of halogens is 3. The summed E-state index contributed by atoms with van der Waals surface area (Å²) in [6.07, 6.45) is 0. The normalized spacial score (nSPS) is 10.6. The number of anilines is 2. The predicted octanol–water partition coefficient (Wildman–Crippen LogP) is 7.01. The molecule has 5 nitrogen and oxygen atoms in total. The number of rotatable bonds is 8. The van der Waals surface area contributed by atoms with Crippen molar-refractivity contribution in [2.75, 3.05) is 24.4 Å². The van der Waals surface area contributed by atoms with Crippen molar-refractivity contribution in [3.63, 3.8) is 0 Å². The summed E-state index contributed by atoms with van der Waals surface area (Å²) in [5, 5.41) is 7.41. The summed E-state index contributed by atoms with van der Waals surface area (Å²) in [5.74, 6) is 0.665. The maximum Gasteiger partial charge on any atom is 0.262 e. The molecule has 0 atom stereocenters. The van der Waals surface area contributed by atoms with Crippen LogP contribution >= 0.6 is 39.1 Å². The largest absolute Gasteiger partial charge is 0.493 e. The molecule has 168 valence electrons. The average Bonchev–Trinajstić information content (AvgIpc) is 2.75. The summed E-state index contributed by atoms with van der Waals surface area (Å²) in [7, 11) is 1.56. The van der Waals surface area contributed by atoms with E-state index in [1.165, 1.54) is 0 Å². The lowest BCUT2D eigenvalue weighted by Gasteiger charge is -2.16. The Morgan fingerprint density at radius 1 is 1.03 bits per heavy atom. The monoisotopic (exact) mass is 536 g/mol. The Morgan fingerprint density at radius 2 is 1.78 bits per heavy atom. The van der Waals surface area contributed by atoms with E-state index in [0.717, 1.165) is 22.4 Å². The molecule has 32 heavy (non-hydrogen) atoms. The number of hydrogen-bond donors (Lipinski definition) is 2. The summed E-state index contributed by atoms with van der Waals surface area (Å²) in [5.41, 5.74) is 4.58. The van der Waals surface area contributed by atoms with Crippen LogP contribution in [0.1, 0.15) is 16.7 Å². The Balaban J connectivity index is 1.66. The van der Waals surface area contributed by atoms with Crippen LogP contribution in [0.2, 0.25) is 10.0 Å². The first-order valence-corrected chi connectivity index (χ1v) is 11.4. The number of aryl methyl sites for hydroxylation is 2. The van der Waals surface area contributed by atoms with E-state index < -0.39 is 0 Å². The number of carbonyl (C=O) groups excluding carboxylic acids is 1. The molecule has 0 saturated carbocycles. The lowest BCUT2D eigenvalue weighted by molar-refractivity contribution is -0.118. The summed E-state index contributed by atoms with van der Waals surface area (Å²) in [4.78, 5) is 12.3. The average molecular weight is 538 g/mol. The number of amides is 1. The highest BCUT2D eigenvalue weighted by Crippen LogP contribution is 2.37. The van der Waals surface area contributed by atoms with E-state index in [1.54, 1.807) is 19.2 Å². The van der Waals surface area contributed by atoms with Gasteiger partial charge in [0.25, 0.3) is 5.91 Å². The van der Waals surface area contributed by atoms with Crippen molar-refractivity contribution in [2.45, 2.75) is 20.4 Å². The van der Waals surface area contributed by atoms with Gasteiger partial charge >= 0.3 is 0 Å². The van der Waals surface area contributed by atoms with Crippen molar-refractivity contribution in [1.29, 1.82) is 0 Å². The van der Waals surface area contributed by atoms with Crippen LogP contribution in [0.4, 0.5) is 11.4 Å². The van der Waals surface area contributed by atoms with Gasteiger partial charge in [-0.15, -0.1) is 0 Å². The molecule has 0 aliphatic rings. The van der Waals surface area contributed by atoms with Crippen molar-refractivity contribution < 1.29 is 14.3 Å². The highest BCUT2D eigenvalue weighted by atomic mass is 79.9. The number of benzene rings is 3. The van der Waals surface area contributed by atoms with Crippen LogP contribution in [-0.2, 0) is 11.3 Å². The summed E-state index contributed by atoms with van der Waals surface area (Å²) in [6.45, 7) is 4.29. The molecular formula is C24H23BrCl2N2O3. The molecule has 0 aliphatic heterocycles. The molecule has 1 amide bonds. The standard InChI is InChI=1S/C24H23BrCl2N2O3/c1-14-5-7-18(11-20(14)27)29-23(30)13-32-24-19(25)8-16(9-22(24)31-3)12-28-21-10-17(26)6-4-15(21)2/h4-11,28H,12-13H2,1-3H3,(H,29,30). The molecule has 0 aromatic heterocycles. The van der Waals surface area contributed by atoms with Gasteiger partial charge in [0.2, 0.25) is 0 Å². The third-order valence-electron chi connectivity index (χ3n) is 4.78. The third kappa shape index (κ3) is 6.31. The SMILES string of the molecule is COc1cc(CNc2cc(Cl)ccc2C)cc(Br)c1OCC(=O)Nc1ccc(C)c(Cl)c1. The van der Waals surface area contributed by atoms with E-state index in [0.29, 0.717) is 38.2 Å². The van der Waals surface area contributed by atoms with E-state index in [9.17, 15) is 4.79 Å². The minimum Gasteiger partial charge on any atom is -0.493 e. The topological polar surface area (TPSA) is 59.6 Å². The molecule has 0 spiro atoms. The third-order valence-corrected chi connectivity index (χ3v) is 6.01. The van der Waals surface area contributed by atoms with Crippen LogP contribution in [0.3, 0.4) is 0 Å². The van der Waals surface area contributed by atoms with Gasteiger partial charge in [0.15, 0.2) is 18.1 Å². The predicted molar refractivity (Wildman–Crippen MR) is 135 cm³/mol. The van der Waals surface area contributed by atoms with Crippen LogP contribution in [0.5, 0.6) is 11.5 Å².